The van der Waals surface area contributed by atoms with Crippen molar-refractivity contribution >= 4 is 38.9 Å². The minimum Gasteiger partial charge on any atom is -0.493 e. The molecule has 3 rings (SSSR count). The van der Waals surface area contributed by atoms with Gasteiger partial charge in [0.15, 0.2) is 16.6 Å². The van der Waals surface area contributed by atoms with Crippen LogP contribution in [-0.4, -0.2) is 19.3 Å². The van der Waals surface area contributed by atoms with Gasteiger partial charge in [-0.15, -0.1) is 0 Å². The van der Waals surface area contributed by atoms with Gasteiger partial charge in [-0.3, -0.25) is 0 Å². The van der Waals surface area contributed by atoms with E-state index in [1.807, 2.05) is 30.3 Å². The molecule has 138 valence electrons. The maximum atomic E-state index is 5.60. The lowest BCUT2D eigenvalue weighted by Crippen LogP contribution is -2.45. The van der Waals surface area contributed by atoms with Gasteiger partial charge in [-0.05, 0) is 61.0 Å². The van der Waals surface area contributed by atoms with Crippen LogP contribution in [0.3, 0.4) is 0 Å². The number of rotatable bonds is 5. The molecule has 2 N–H and O–H groups in total. The summed E-state index contributed by atoms with van der Waals surface area (Å²) in [5.74, 6) is 1.48. The van der Waals surface area contributed by atoms with Crippen molar-refractivity contribution in [1.29, 1.82) is 0 Å². The molecule has 1 aliphatic carbocycles. The van der Waals surface area contributed by atoms with E-state index >= 15 is 0 Å². The summed E-state index contributed by atoms with van der Waals surface area (Å²) in [6.45, 7) is 0. The predicted molar refractivity (Wildman–Crippen MR) is 113 cm³/mol. The lowest BCUT2D eigenvalue weighted by atomic mass is 9.88. The number of benzene rings is 2. The zero-order chi connectivity index (χ0) is 18.6. The van der Waals surface area contributed by atoms with Crippen molar-refractivity contribution in [2.24, 2.45) is 0 Å². The molecule has 26 heavy (non-hydrogen) atoms. The van der Waals surface area contributed by atoms with Crippen molar-refractivity contribution in [3.63, 3.8) is 0 Å². The molecule has 4 nitrogen and oxygen atoms in total. The van der Waals surface area contributed by atoms with E-state index in [4.69, 9.17) is 21.7 Å². The van der Waals surface area contributed by atoms with E-state index in [9.17, 15) is 0 Å². The van der Waals surface area contributed by atoms with Gasteiger partial charge in [-0.25, -0.2) is 0 Å². The van der Waals surface area contributed by atoms with Crippen molar-refractivity contribution < 1.29 is 9.47 Å². The van der Waals surface area contributed by atoms with Crippen molar-refractivity contribution in [1.82, 2.24) is 5.32 Å². The second kappa shape index (κ2) is 8.27. The Morgan fingerprint density at radius 2 is 1.77 bits per heavy atom. The molecule has 0 aromatic heterocycles. The average molecular weight is 435 g/mol. The molecule has 0 bridgehead atoms. The van der Waals surface area contributed by atoms with Gasteiger partial charge in [-0.1, -0.05) is 40.9 Å². The maximum absolute atomic E-state index is 5.60. The first-order chi connectivity index (χ1) is 12.6. The smallest absolute Gasteiger partial charge is 0.171 e. The first kappa shape index (κ1) is 19.0. The lowest BCUT2D eigenvalue weighted by molar-refractivity contribution is 0.350. The van der Waals surface area contributed by atoms with Gasteiger partial charge in [0.2, 0.25) is 0 Å². The summed E-state index contributed by atoms with van der Waals surface area (Å²) >= 11 is 9.09. The molecule has 2 aromatic carbocycles. The Bertz CT molecular complexity index is 791. The molecule has 0 aliphatic heterocycles. The molecular formula is C20H23BrN2O2S. The van der Waals surface area contributed by atoms with Gasteiger partial charge in [-0.2, -0.15) is 0 Å². The average Bonchev–Trinajstić information content (AvgIpc) is 3.10. The van der Waals surface area contributed by atoms with Crippen molar-refractivity contribution in [3.8, 4) is 11.5 Å². The number of anilines is 1. The highest BCUT2D eigenvalue weighted by atomic mass is 79.9. The first-order valence-electron chi connectivity index (χ1n) is 8.63. The largest absolute Gasteiger partial charge is 0.493 e. The highest BCUT2D eigenvalue weighted by molar-refractivity contribution is 9.10. The second-order valence-corrected chi connectivity index (χ2v) is 7.77. The van der Waals surface area contributed by atoms with Crippen LogP contribution in [0, 0.1) is 0 Å². The van der Waals surface area contributed by atoms with Gasteiger partial charge in [0.05, 0.1) is 19.8 Å². The van der Waals surface area contributed by atoms with Crippen molar-refractivity contribution in [2.75, 3.05) is 19.5 Å². The number of ether oxygens (including phenoxy) is 2. The lowest BCUT2D eigenvalue weighted by Gasteiger charge is -2.33. The number of halogens is 1. The molecule has 0 saturated heterocycles. The molecule has 1 fully saturated rings. The molecular weight excluding hydrogens is 412 g/mol. The quantitative estimate of drug-likeness (QED) is 0.631. The van der Waals surface area contributed by atoms with Crippen LogP contribution in [0.5, 0.6) is 11.5 Å². The van der Waals surface area contributed by atoms with E-state index in [0.29, 0.717) is 5.11 Å². The molecule has 2 aromatic rings. The van der Waals surface area contributed by atoms with Crippen LogP contribution in [-0.2, 0) is 5.54 Å². The van der Waals surface area contributed by atoms with E-state index in [1.165, 1.54) is 18.4 Å². The monoisotopic (exact) mass is 434 g/mol. The van der Waals surface area contributed by atoms with E-state index in [-0.39, 0.29) is 5.54 Å². The molecule has 0 heterocycles. The molecule has 0 radical (unpaired) electrons. The highest BCUT2D eigenvalue weighted by Crippen LogP contribution is 2.41. The molecule has 1 aliphatic rings. The molecule has 1 saturated carbocycles. The third-order valence-electron chi connectivity index (χ3n) is 4.83. The van der Waals surface area contributed by atoms with Crippen LogP contribution in [0.4, 0.5) is 5.69 Å². The third-order valence-corrected chi connectivity index (χ3v) is 5.53. The summed E-state index contributed by atoms with van der Waals surface area (Å²) in [6.07, 6.45) is 4.40. The third kappa shape index (κ3) is 4.13. The predicted octanol–water partition coefficient (Wildman–Crippen LogP) is 5.22. The highest BCUT2D eigenvalue weighted by Gasteiger charge is 2.36. The summed E-state index contributed by atoms with van der Waals surface area (Å²) < 4.78 is 11.9. The zero-order valence-corrected chi connectivity index (χ0v) is 17.4. The minimum atomic E-state index is -0.185. The standard InChI is InChI=1S/C20H23BrN2O2S/c1-24-17-9-8-14(12-18(17)25-2)20(10-3-4-11-20)23-19(26)22-16-7-5-6-15(21)13-16/h5-9,12-13H,3-4,10-11H2,1-2H3,(H2,22,23,26). The van der Waals surface area contributed by atoms with Crippen LogP contribution in [0.2, 0.25) is 0 Å². The molecule has 0 spiro atoms. The number of thiocarbonyl (C=S) groups is 1. The minimum absolute atomic E-state index is 0.185. The Morgan fingerprint density at radius 1 is 1.04 bits per heavy atom. The van der Waals surface area contributed by atoms with Gasteiger partial charge in [0.25, 0.3) is 0 Å². The Kier molecular flexibility index (Phi) is 6.04. The van der Waals surface area contributed by atoms with Crippen molar-refractivity contribution in [2.45, 2.75) is 31.2 Å². The number of hydrogen-bond acceptors (Lipinski definition) is 3. The molecule has 0 amide bonds. The van der Waals surface area contributed by atoms with Gasteiger partial charge >= 0.3 is 0 Å². The van der Waals surface area contributed by atoms with E-state index < -0.39 is 0 Å². The van der Waals surface area contributed by atoms with Crippen LogP contribution in [0.1, 0.15) is 31.2 Å². The number of nitrogens with one attached hydrogen (secondary N) is 2. The number of methoxy groups -OCH3 is 2. The Labute approximate surface area is 168 Å². The summed E-state index contributed by atoms with van der Waals surface area (Å²) in [5.41, 5.74) is 1.94. The summed E-state index contributed by atoms with van der Waals surface area (Å²) in [7, 11) is 3.31. The number of hydrogen-bond donors (Lipinski definition) is 2. The van der Waals surface area contributed by atoms with E-state index in [1.54, 1.807) is 14.2 Å². The maximum Gasteiger partial charge on any atom is 0.171 e. The van der Waals surface area contributed by atoms with Crippen LogP contribution in [0.15, 0.2) is 46.9 Å². The fourth-order valence-electron chi connectivity index (χ4n) is 3.54. The fraction of sp³-hybridized carbons (Fsp3) is 0.350. The van der Waals surface area contributed by atoms with Crippen molar-refractivity contribution in [3.05, 3.63) is 52.5 Å². The van der Waals surface area contributed by atoms with Gasteiger partial charge < -0.3 is 20.1 Å². The summed E-state index contributed by atoms with van der Waals surface area (Å²) in [6, 6.07) is 14.1. The second-order valence-electron chi connectivity index (χ2n) is 6.45. The van der Waals surface area contributed by atoms with Crippen LogP contribution in [0.25, 0.3) is 0 Å². The topological polar surface area (TPSA) is 42.5 Å². The van der Waals surface area contributed by atoms with Crippen LogP contribution < -0.4 is 20.1 Å². The van der Waals surface area contributed by atoms with E-state index in [0.717, 1.165) is 34.5 Å². The van der Waals surface area contributed by atoms with Gasteiger partial charge in [0.1, 0.15) is 0 Å². The summed E-state index contributed by atoms with van der Waals surface area (Å²) in [5, 5.41) is 7.49. The zero-order valence-electron chi connectivity index (χ0n) is 15.0. The molecule has 0 atom stereocenters. The van der Waals surface area contributed by atoms with E-state index in [2.05, 4.69) is 38.7 Å². The molecule has 0 unspecified atom stereocenters. The Hall–Kier alpha value is -1.79. The molecule has 6 heteroatoms. The Morgan fingerprint density at radius 3 is 2.42 bits per heavy atom. The summed E-state index contributed by atoms with van der Waals surface area (Å²) in [4.78, 5) is 0. The first-order valence-corrected chi connectivity index (χ1v) is 9.84. The van der Waals surface area contributed by atoms with Crippen LogP contribution >= 0.6 is 28.1 Å². The Balaban J connectivity index is 1.83. The normalized spacial score (nSPS) is 15.3. The fourth-order valence-corrected chi connectivity index (χ4v) is 4.26. The SMILES string of the molecule is COc1ccc(C2(NC(=S)Nc3cccc(Br)c3)CCCC2)cc1OC. The van der Waals surface area contributed by atoms with Gasteiger partial charge in [0, 0.05) is 10.2 Å².